The van der Waals surface area contributed by atoms with Crippen LogP contribution in [0, 0.1) is 0 Å². The van der Waals surface area contributed by atoms with Crippen molar-refractivity contribution in [3.05, 3.63) is 83.6 Å². The van der Waals surface area contributed by atoms with Crippen molar-refractivity contribution in [2.45, 2.75) is 86.8 Å². The van der Waals surface area contributed by atoms with E-state index in [9.17, 15) is 43.7 Å². The van der Waals surface area contributed by atoms with Gasteiger partial charge < -0.3 is 10.0 Å². The van der Waals surface area contributed by atoms with Gasteiger partial charge in [-0.3, -0.25) is 18.5 Å². The topological polar surface area (TPSA) is 207 Å². The molecule has 0 aromatic heterocycles. The quantitative estimate of drug-likeness (QED) is 0.0707. The van der Waals surface area contributed by atoms with Gasteiger partial charge >= 0.3 is 5.97 Å². The molecular formula is C35H45N2O11S3+. The van der Waals surface area contributed by atoms with Crippen LogP contribution in [0.1, 0.15) is 77.3 Å². The van der Waals surface area contributed by atoms with Crippen molar-refractivity contribution in [3.63, 3.8) is 0 Å². The average molecular weight is 766 g/mol. The Morgan fingerprint density at radius 3 is 2.04 bits per heavy atom. The number of aliphatic carboxylic acids is 1. The number of likely N-dealkylation sites (N-methyl/N-ethyl adjacent to an activating group) is 1. The number of benzene rings is 2. The molecule has 4 rings (SSSR count). The van der Waals surface area contributed by atoms with E-state index in [1.54, 1.807) is 12.1 Å². The molecule has 2 aromatic carbocycles. The van der Waals surface area contributed by atoms with Crippen LogP contribution >= 0.6 is 0 Å². The first-order valence-corrected chi connectivity index (χ1v) is 21.0. The summed E-state index contributed by atoms with van der Waals surface area (Å²) in [4.78, 5) is 12.8. The van der Waals surface area contributed by atoms with E-state index in [1.165, 1.54) is 24.3 Å². The third kappa shape index (κ3) is 9.04. The maximum absolute atomic E-state index is 12.0. The lowest BCUT2D eigenvalue weighted by molar-refractivity contribution is -0.438. The first-order chi connectivity index (χ1) is 23.6. The molecule has 0 saturated carbocycles. The van der Waals surface area contributed by atoms with Crippen LogP contribution in [0.25, 0.3) is 0 Å². The van der Waals surface area contributed by atoms with Gasteiger partial charge in [-0.25, -0.2) is 0 Å². The molecule has 51 heavy (non-hydrogen) atoms. The first-order valence-electron chi connectivity index (χ1n) is 16.5. The summed E-state index contributed by atoms with van der Waals surface area (Å²) < 4.78 is 101. The summed E-state index contributed by atoms with van der Waals surface area (Å²) in [6, 6.07) is 8.84. The second kappa shape index (κ2) is 15.1. The second-order valence-electron chi connectivity index (χ2n) is 13.4. The zero-order chi connectivity index (χ0) is 38.0. The molecule has 0 radical (unpaired) electrons. The van der Waals surface area contributed by atoms with Crippen LogP contribution in [0.3, 0.4) is 0 Å². The number of carboxylic acids is 1. The van der Waals surface area contributed by atoms with Gasteiger partial charge in [-0.1, -0.05) is 24.6 Å². The molecule has 0 saturated heterocycles. The third-order valence-electron chi connectivity index (χ3n) is 9.57. The Morgan fingerprint density at radius 2 is 1.45 bits per heavy atom. The highest BCUT2D eigenvalue weighted by Gasteiger charge is 2.45. The molecule has 0 amide bonds. The number of carbonyl (C=O) groups is 1. The molecule has 278 valence electrons. The fourth-order valence-electron chi connectivity index (χ4n) is 7.02. The molecule has 2 heterocycles. The van der Waals surface area contributed by atoms with Crippen molar-refractivity contribution in [1.29, 1.82) is 0 Å². The lowest BCUT2D eigenvalue weighted by atomic mass is 9.77. The van der Waals surface area contributed by atoms with Crippen LogP contribution in [0.15, 0.2) is 82.3 Å². The van der Waals surface area contributed by atoms with Crippen molar-refractivity contribution in [2.24, 2.45) is 0 Å². The lowest BCUT2D eigenvalue weighted by Gasteiger charge is -2.30. The highest BCUT2D eigenvalue weighted by molar-refractivity contribution is 7.86. The van der Waals surface area contributed by atoms with E-state index in [1.807, 2.05) is 62.7 Å². The summed E-state index contributed by atoms with van der Waals surface area (Å²) in [5, 5.41) is 9.16. The number of unbranched alkanes of at least 4 members (excludes halogenated alkanes) is 2. The van der Waals surface area contributed by atoms with Crippen molar-refractivity contribution >= 4 is 53.4 Å². The van der Waals surface area contributed by atoms with Crippen LogP contribution in [-0.2, 0) is 46.0 Å². The molecule has 4 N–H and O–H groups in total. The molecule has 0 bridgehead atoms. The minimum atomic E-state index is -4.47. The van der Waals surface area contributed by atoms with Crippen molar-refractivity contribution in [1.82, 2.24) is 0 Å². The van der Waals surface area contributed by atoms with Crippen molar-refractivity contribution in [3.8, 4) is 0 Å². The number of nitrogens with zero attached hydrogens (tertiary/aromatic N) is 2. The maximum Gasteiger partial charge on any atom is 0.303 e. The van der Waals surface area contributed by atoms with Gasteiger partial charge in [-0.2, -0.15) is 29.8 Å². The maximum atomic E-state index is 12.0. The largest absolute Gasteiger partial charge is 0.481 e. The summed E-state index contributed by atoms with van der Waals surface area (Å²) >= 11 is 0. The Hall–Kier alpha value is -3.67. The molecule has 2 aliphatic heterocycles. The Kier molecular flexibility index (Phi) is 11.9. The van der Waals surface area contributed by atoms with Crippen LogP contribution in [-0.4, -0.2) is 79.1 Å². The number of hydrogen-bond acceptors (Lipinski definition) is 8. The van der Waals surface area contributed by atoms with Crippen molar-refractivity contribution < 1.29 is 53.4 Å². The van der Waals surface area contributed by atoms with E-state index in [0.717, 1.165) is 17.1 Å². The Morgan fingerprint density at radius 1 is 0.824 bits per heavy atom. The molecule has 1 unspecified atom stereocenters. The second-order valence-corrected chi connectivity index (χ2v) is 17.9. The Bertz CT molecular complexity index is 2150. The van der Waals surface area contributed by atoms with E-state index in [2.05, 4.69) is 4.90 Å². The number of fused-ring (bicyclic) bond motifs is 2. The summed E-state index contributed by atoms with van der Waals surface area (Å²) in [5.74, 6) is -1.29. The van der Waals surface area contributed by atoms with E-state index >= 15 is 0 Å². The SMILES string of the molecule is CCN1/C(=C/C=C/C=C/C2=[N+](CCCCS(=O)(=O)O)c3ccc(S(=O)(=O)O)cc3C2(C)C)C(C)(CCCCC(=O)O)c2cc(S(=O)(=O)O)ccc21. The minimum Gasteiger partial charge on any atom is -0.481 e. The van der Waals surface area contributed by atoms with E-state index in [-0.39, 0.29) is 22.6 Å². The molecule has 0 spiro atoms. The minimum absolute atomic E-state index is 0.00294. The fraction of sp³-hybridized carbons (Fsp3) is 0.429. The van der Waals surface area contributed by atoms with Crippen LogP contribution < -0.4 is 4.90 Å². The van der Waals surface area contributed by atoms with Crippen LogP contribution in [0.2, 0.25) is 0 Å². The number of anilines is 1. The summed E-state index contributed by atoms with van der Waals surface area (Å²) in [6.07, 6.45) is 11.4. The number of allylic oxidation sites excluding steroid dienone is 6. The highest BCUT2D eigenvalue weighted by atomic mass is 32.2. The van der Waals surface area contributed by atoms with Gasteiger partial charge in [0.05, 0.1) is 21.0 Å². The third-order valence-corrected chi connectivity index (χ3v) is 12.1. The molecule has 13 nitrogen and oxygen atoms in total. The van der Waals surface area contributed by atoms with Gasteiger partial charge in [0, 0.05) is 53.9 Å². The number of rotatable bonds is 16. The smallest absolute Gasteiger partial charge is 0.303 e. The summed E-state index contributed by atoms with van der Waals surface area (Å²) in [6.45, 7) is 8.69. The van der Waals surface area contributed by atoms with Crippen LogP contribution in [0.4, 0.5) is 11.4 Å². The van der Waals surface area contributed by atoms with Crippen LogP contribution in [0.5, 0.6) is 0 Å². The molecular weight excluding hydrogens is 721 g/mol. The van der Waals surface area contributed by atoms with Gasteiger partial charge in [0.1, 0.15) is 6.54 Å². The monoisotopic (exact) mass is 765 g/mol. The van der Waals surface area contributed by atoms with Gasteiger partial charge in [-0.05, 0) is 88.9 Å². The predicted molar refractivity (Wildman–Crippen MR) is 194 cm³/mol. The van der Waals surface area contributed by atoms with E-state index < -0.39 is 52.9 Å². The first kappa shape index (κ1) is 40.1. The average Bonchev–Trinajstić information content (AvgIpc) is 3.38. The zero-order valence-corrected chi connectivity index (χ0v) is 31.4. The summed E-state index contributed by atoms with van der Waals surface area (Å²) in [7, 11) is -13.1. The van der Waals surface area contributed by atoms with E-state index in [4.69, 9.17) is 5.11 Å². The van der Waals surface area contributed by atoms with Crippen molar-refractivity contribution in [2.75, 3.05) is 23.7 Å². The van der Waals surface area contributed by atoms with Gasteiger partial charge in [0.25, 0.3) is 30.4 Å². The molecule has 2 aromatic rings. The Balaban J connectivity index is 1.71. The van der Waals surface area contributed by atoms with E-state index in [0.29, 0.717) is 55.6 Å². The van der Waals surface area contributed by atoms with Gasteiger partial charge in [0.2, 0.25) is 5.69 Å². The number of hydrogen-bond donors (Lipinski definition) is 4. The molecule has 2 aliphatic rings. The van der Waals surface area contributed by atoms with Gasteiger partial charge in [-0.15, -0.1) is 0 Å². The normalized spacial score (nSPS) is 19.8. The molecule has 0 fully saturated rings. The summed E-state index contributed by atoms with van der Waals surface area (Å²) in [5.41, 5.74) is 3.10. The predicted octanol–water partition coefficient (Wildman–Crippen LogP) is 5.66. The molecule has 1 atom stereocenters. The molecule has 16 heteroatoms. The lowest BCUT2D eigenvalue weighted by Crippen LogP contribution is -2.28. The van der Waals surface area contributed by atoms with Gasteiger partial charge in [0.15, 0.2) is 5.71 Å². The molecule has 0 aliphatic carbocycles. The fourth-order valence-corrected chi connectivity index (χ4v) is 8.60. The highest BCUT2D eigenvalue weighted by Crippen LogP contribution is 2.51. The standard InChI is InChI=1S/C35H44N2O11S3/c1-5-36-30-19-17-26(51(46,47)48)24-28(30)35(4,20-10-9-15-33(38)39)32(36)14-8-6-7-13-31-34(2,3)27-23-25(50(43,44)45)16-18-29(27)37(31)21-11-12-22-49(40,41)42/h6-8,13-14,16-19,23-24H,5,9-12,15,20-22H2,1-4H3,(H3-,38,39,40,41,42,43,44,45,46,47,48)/p+1. The zero-order valence-electron chi connectivity index (χ0n) is 29.0. The Labute approximate surface area is 300 Å². The number of carboxylic acid groups (broad SMARTS) is 1.